The first-order valence-electron chi connectivity index (χ1n) is 13.3. The molecule has 0 aliphatic carbocycles. The molecule has 2 atom stereocenters. The van der Waals surface area contributed by atoms with Crippen LogP contribution in [0.15, 0.2) is 48.8 Å². The fourth-order valence-corrected chi connectivity index (χ4v) is 4.37. The molecule has 228 valence electrons. The fraction of sp³-hybridized carbons (Fsp3) is 0.310. The molecule has 0 bridgehead atoms. The highest BCUT2D eigenvalue weighted by atomic mass is 35.5. The molecule has 2 amide bonds. The maximum Gasteiger partial charge on any atom is 0.270 e. The number of carbonyl (C=O) groups is 2. The van der Waals surface area contributed by atoms with Gasteiger partial charge in [0.15, 0.2) is 5.82 Å². The molecule has 2 heterocycles. The van der Waals surface area contributed by atoms with Crippen LogP contribution in [0.1, 0.15) is 6.92 Å². The molecule has 1 unspecified atom stereocenters. The second kappa shape index (κ2) is 13.7. The molecule has 0 radical (unpaired) electrons. The van der Waals surface area contributed by atoms with Crippen LogP contribution < -0.4 is 25.6 Å². The van der Waals surface area contributed by atoms with E-state index in [2.05, 4.69) is 30.9 Å². The smallest absolute Gasteiger partial charge is 0.270 e. The third-order valence-electron chi connectivity index (χ3n) is 6.65. The lowest BCUT2D eigenvalue weighted by atomic mass is 10.1. The van der Waals surface area contributed by atoms with Crippen LogP contribution in [0.2, 0.25) is 0 Å². The van der Waals surface area contributed by atoms with E-state index in [4.69, 9.17) is 16.3 Å². The SMILES string of the molecule is COc1cc(N(C)CCN(C)C)c(NC(=O)[C@H](C)NC(=O)C(F)Cl)cc1Nc1ncc(F)c(-c2c[nH]c3ccccc23)n1. The second-order valence-electron chi connectivity index (χ2n) is 10.1. The molecule has 43 heavy (non-hydrogen) atoms. The standard InChI is InChI=1S/C29H33ClF2N8O3/c1-16(35-28(42)26(30)32)27(41)36-21-12-22(24(43-5)13-23(21)40(4)11-10-39(2)3)37-29-34-15-19(31)25(38-29)18-14-33-20-9-7-6-8-17(18)20/h6-9,12-16,26,33H,10-11H2,1-5H3,(H,35,42)(H,36,41)(H,34,37,38)/t16-,26?/m0/s1. The van der Waals surface area contributed by atoms with Crippen molar-refractivity contribution in [2.24, 2.45) is 0 Å². The quantitative estimate of drug-likeness (QED) is 0.172. The van der Waals surface area contributed by atoms with E-state index in [1.807, 2.05) is 55.2 Å². The van der Waals surface area contributed by atoms with Crippen LogP contribution in [-0.2, 0) is 9.59 Å². The van der Waals surface area contributed by atoms with E-state index in [-0.39, 0.29) is 11.6 Å². The molecule has 0 aliphatic heterocycles. The zero-order chi connectivity index (χ0) is 31.3. The van der Waals surface area contributed by atoms with Gasteiger partial charge in [-0.1, -0.05) is 29.8 Å². The summed E-state index contributed by atoms with van der Waals surface area (Å²) in [5, 5.41) is 8.88. The number of aromatic nitrogens is 3. The predicted molar refractivity (Wildman–Crippen MR) is 164 cm³/mol. The minimum atomic E-state index is -2.29. The number of nitrogens with zero attached hydrogens (tertiary/aromatic N) is 4. The number of anilines is 4. The summed E-state index contributed by atoms with van der Waals surface area (Å²) in [6.07, 6.45) is 2.76. The van der Waals surface area contributed by atoms with Gasteiger partial charge in [0.1, 0.15) is 17.5 Å². The normalized spacial score (nSPS) is 12.6. The lowest BCUT2D eigenvalue weighted by Gasteiger charge is -2.26. The first kappa shape index (κ1) is 31.4. The largest absolute Gasteiger partial charge is 0.494 e. The number of fused-ring (bicyclic) bond motifs is 1. The lowest BCUT2D eigenvalue weighted by Crippen LogP contribution is -2.44. The highest BCUT2D eigenvalue weighted by Gasteiger charge is 2.23. The Hall–Kier alpha value is -4.49. The van der Waals surface area contributed by atoms with Crippen molar-refractivity contribution < 1.29 is 23.1 Å². The van der Waals surface area contributed by atoms with Crippen LogP contribution in [0.3, 0.4) is 0 Å². The number of amides is 2. The summed E-state index contributed by atoms with van der Waals surface area (Å²) >= 11 is 5.20. The number of carbonyl (C=O) groups excluding carboxylic acids is 2. The minimum absolute atomic E-state index is 0.0858. The maximum absolute atomic E-state index is 14.9. The van der Waals surface area contributed by atoms with Gasteiger partial charge in [0.05, 0.1) is 30.4 Å². The van der Waals surface area contributed by atoms with Crippen molar-refractivity contribution in [2.45, 2.75) is 18.6 Å². The second-order valence-corrected chi connectivity index (χ2v) is 10.5. The monoisotopic (exact) mass is 614 g/mol. The minimum Gasteiger partial charge on any atom is -0.494 e. The first-order chi connectivity index (χ1) is 20.5. The van der Waals surface area contributed by atoms with Crippen molar-refractivity contribution in [3.8, 4) is 17.0 Å². The summed E-state index contributed by atoms with van der Waals surface area (Å²) < 4.78 is 33.8. The Morgan fingerprint density at radius 2 is 1.86 bits per heavy atom. The Morgan fingerprint density at radius 1 is 1.12 bits per heavy atom. The predicted octanol–water partition coefficient (Wildman–Crippen LogP) is 4.49. The Balaban J connectivity index is 1.70. The summed E-state index contributed by atoms with van der Waals surface area (Å²) in [5.41, 5.74) is 0.551. The number of rotatable bonds is 12. The van der Waals surface area contributed by atoms with Gasteiger partial charge < -0.3 is 35.5 Å². The third kappa shape index (κ3) is 7.48. The number of methoxy groups -OCH3 is 1. The van der Waals surface area contributed by atoms with E-state index >= 15 is 0 Å². The van der Waals surface area contributed by atoms with E-state index in [1.165, 1.54) is 14.0 Å². The van der Waals surface area contributed by atoms with E-state index in [0.717, 1.165) is 17.1 Å². The van der Waals surface area contributed by atoms with Crippen LogP contribution in [0, 0.1) is 5.82 Å². The average Bonchev–Trinajstić information content (AvgIpc) is 3.40. The molecule has 2 aromatic carbocycles. The topological polar surface area (TPSA) is 128 Å². The molecule has 4 rings (SSSR count). The Morgan fingerprint density at radius 3 is 2.56 bits per heavy atom. The van der Waals surface area contributed by atoms with Gasteiger partial charge >= 0.3 is 0 Å². The molecule has 2 aromatic heterocycles. The Labute approximate surface area is 252 Å². The maximum atomic E-state index is 14.9. The van der Waals surface area contributed by atoms with Crippen LogP contribution >= 0.6 is 11.6 Å². The number of ether oxygens (including phenoxy) is 1. The van der Waals surface area contributed by atoms with Crippen LogP contribution in [0.5, 0.6) is 5.75 Å². The van der Waals surface area contributed by atoms with E-state index in [1.54, 1.807) is 18.3 Å². The van der Waals surface area contributed by atoms with Crippen LogP contribution in [0.25, 0.3) is 22.2 Å². The lowest BCUT2D eigenvalue weighted by molar-refractivity contribution is -0.127. The van der Waals surface area contributed by atoms with Crippen LogP contribution in [-0.4, -0.2) is 84.7 Å². The van der Waals surface area contributed by atoms with Crippen molar-refractivity contribution >= 4 is 57.3 Å². The molecule has 0 spiro atoms. The number of halogens is 3. The molecule has 14 heteroatoms. The number of aromatic amines is 1. The van der Waals surface area contributed by atoms with Crippen molar-refractivity contribution in [1.29, 1.82) is 0 Å². The van der Waals surface area contributed by atoms with Gasteiger partial charge in [-0.2, -0.15) is 0 Å². The summed E-state index contributed by atoms with van der Waals surface area (Å²) in [6.45, 7) is 2.72. The van der Waals surface area contributed by atoms with Gasteiger partial charge in [0.25, 0.3) is 11.5 Å². The average molecular weight is 615 g/mol. The number of nitrogens with one attached hydrogen (secondary N) is 4. The summed E-state index contributed by atoms with van der Waals surface area (Å²) in [5.74, 6) is -1.85. The molecule has 4 aromatic rings. The first-order valence-corrected chi connectivity index (χ1v) is 13.8. The Kier molecular flexibility index (Phi) is 9.99. The van der Waals surface area contributed by atoms with Gasteiger partial charge in [0.2, 0.25) is 11.9 Å². The number of benzene rings is 2. The zero-order valence-electron chi connectivity index (χ0n) is 24.3. The highest BCUT2D eigenvalue weighted by molar-refractivity contribution is 6.29. The van der Waals surface area contributed by atoms with Gasteiger partial charge in [-0.05, 0) is 33.2 Å². The van der Waals surface area contributed by atoms with Gasteiger partial charge in [-0.3, -0.25) is 9.59 Å². The van der Waals surface area contributed by atoms with E-state index in [0.29, 0.717) is 41.5 Å². The van der Waals surface area contributed by atoms with E-state index in [9.17, 15) is 18.4 Å². The van der Waals surface area contributed by atoms with Gasteiger partial charge in [-0.25, -0.2) is 18.7 Å². The van der Waals surface area contributed by atoms with Crippen LogP contribution in [0.4, 0.5) is 31.8 Å². The number of H-pyrrole nitrogens is 1. The number of hydrogen-bond acceptors (Lipinski definition) is 8. The molecule has 0 aliphatic rings. The molecule has 4 N–H and O–H groups in total. The summed E-state index contributed by atoms with van der Waals surface area (Å²) in [6, 6.07) is 9.72. The number of para-hydroxylation sites is 1. The van der Waals surface area contributed by atoms with Gasteiger partial charge in [0, 0.05) is 48.9 Å². The molecular formula is C29H33ClF2N8O3. The number of likely N-dealkylation sites (N-methyl/N-ethyl adjacent to an activating group) is 2. The molecule has 0 saturated heterocycles. The molecular weight excluding hydrogens is 582 g/mol. The number of alkyl halides is 2. The third-order valence-corrected chi connectivity index (χ3v) is 6.85. The molecule has 11 nitrogen and oxygen atoms in total. The number of hydrogen-bond donors (Lipinski definition) is 4. The zero-order valence-corrected chi connectivity index (χ0v) is 25.1. The summed E-state index contributed by atoms with van der Waals surface area (Å²) in [7, 11) is 7.22. The van der Waals surface area contributed by atoms with Crippen molar-refractivity contribution in [3.63, 3.8) is 0 Å². The highest BCUT2D eigenvalue weighted by Crippen LogP contribution is 2.38. The molecule has 0 fully saturated rings. The fourth-order valence-electron chi connectivity index (χ4n) is 4.31. The van der Waals surface area contributed by atoms with Crippen molar-refractivity contribution in [1.82, 2.24) is 25.2 Å². The van der Waals surface area contributed by atoms with E-state index < -0.39 is 29.3 Å². The Bertz CT molecular complexity index is 1610. The molecule has 0 saturated carbocycles. The summed E-state index contributed by atoms with van der Waals surface area (Å²) in [4.78, 5) is 40.3. The van der Waals surface area contributed by atoms with Crippen molar-refractivity contribution in [2.75, 3.05) is 56.9 Å². The van der Waals surface area contributed by atoms with Crippen molar-refractivity contribution in [3.05, 3.63) is 54.6 Å². The van der Waals surface area contributed by atoms with Gasteiger partial charge in [-0.15, -0.1) is 0 Å².